The van der Waals surface area contributed by atoms with Crippen LogP contribution in [0.15, 0.2) is 36.4 Å². The highest BCUT2D eigenvalue weighted by Gasteiger charge is 2.09. The van der Waals surface area contributed by atoms with Crippen LogP contribution in [0.5, 0.6) is 0 Å². The summed E-state index contributed by atoms with van der Waals surface area (Å²) in [6.45, 7) is 4.09. The maximum absolute atomic E-state index is 4.53. The molecule has 0 aliphatic carbocycles. The molecule has 0 unspecified atom stereocenters. The van der Waals surface area contributed by atoms with Crippen molar-refractivity contribution in [3.8, 4) is 0 Å². The minimum atomic E-state index is 0.801. The van der Waals surface area contributed by atoms with Crippen molar-refractivity contribution in [2.75, 3.05) is 5.32 Å². The van der Waals surface area contributed by atoms with Gasteiger partial charge in [-0.2, -0.15) is 0 Å². The number of fused-ring (bicyclic) bond motifs is 1. The van der Waals surface area contributed by atoms with Gasteiger partial charge in [0.2, 0.25) is 0 Å². The van der Waals surface area contributed by atoms with Crippen molar-refractivity contribution in [1.29, 1.82) is 0 Å². The second-order valence-corrected chi connectivity index (χ2v) is 5.51. The molecule has 0 aliphatic heterocycles. The second kappa shape index (κ2) is 4.97. The first-order valence-electron chi connectivity index (χ1n) is 6.35. The number of hydrogen-bond donors (Lipinski definition) is 1. The first kappa shape index (κ1) is 12.1. The molecule has 1 aromatic carbocycles. The van der Waals surface area contributed by atoms with Crippen LogP contribution in [0, 0.1) is 6.92 Å². The smallest absolute Gasteiger partial charge is 0.142 e. The van der Waals surface area contributed by atoms with Gasteiger partial charge >= 0.3 is 0 Å². The van der Waals surface area contributed by atoms with Crippen molar-refractivity contribution < 1.29 is 0 Å². The van der Waals surface area contributed by atoms with Gasteiger partial charge in [-0.1, -0.05) is 25.1 Å². The first-order valence-corrected chi connectivity index (χ1v) is 7.17. The van der Waals surface area contributed by atoms with Gasteiger partial charge in [0.25, 0.3) is 0 Å². The Hall–Kier alpha value is -1.94. The zero-order valence-electron chi connectivity index (χ0n) is 11.0. The Morgan fingerprint density at radius 1 is 1.16 bits per heavy atom. The maximum atomic E-state index is 4.53. The molecule has 0 aliphatic rings. The Morgan fingerprint density at radius 3 is 2.68 bits per heavy atom. The summed E-state index contributed by atoms with van der Waals surface area (Å²) in [7, 11) is 0. The number of aryl methyl sites for hydroxylation is 2. The molecule has 0 radical (unpaired) electrons. The molecule has 0 amide bonds. The van der Waals surface area contributed by atoms with Gasteiger partial charge in [0, 0.05) is 10.6 Å². The zero-order valence-corrected chi connectivity index (χ0v) is 11.8. The van der Waals surface area contributed by atoms with Crippen molar-refractivity contribution in [2.45, 2.75) is 20.3 Å². The number of aromatic nitrogens is 2. The molecule has 0 atom stereocenters. The molecule has 0 saturated heterocycles. The summed E-state index contributed by atoms with van der Waals surface area (Å²) in [5.74, 6) is 1.69. The van der Waals surface area contributed by atoms with Crippen LogP contribution in [-0.2, 0) is 6.42 Å². The molecule has 0 spiro atoms. The molecule has 3 nitrogen and oxygen atoms in total. The van der Waals surface area contributed by atoms with Crippen LogP contribution in [-0.4, -0.2) is 9.97 Å². The van der Waals surface area contributed by atoms with E-state index in [-0.39, 0.29) is 0 Å². The van der Waals surface area contributed by atoms with Gasteiger partial charge in [0.1, 0.15) is 16.5 Å². The van der Waals surface area contributed by atoms with Crippen LogP contribution in [0.1, 0.15) is 17.6 Å². The fourth-order valence-electron chi connectivity index (χ4n) is 2.01. The molecule has 4 heteroatoms. The molecule has 0 fully saturated rings. The SMILES string of the molecule is CCc1cc2c(Nc3ccccc3)nc(C)nc2s1. The van der Waals surface area contributed by atoms with Crippen LogP contribution < -0.4 is 5.32 Å². The first-order chi connectivity index (χ1) is 9.26. The lowest BCUT2D eigenvalue weighted by atomic mass is 10.3. The molecule has 0 bridgehead atoms. The lowest BCUT2D eigenvalue weighted by Crippen LogP contribution is -1.97. The second-order valence-electron chi connectivity index (χ2n) is 4.40. The summed E-state index contributed by atoms with van der Waals surface area (Å²) in [4.78, 5) is 11.4. The summed E-state index contributed by atoms with van der Waals surface area (Å²) >= 11 is 1.75. The molecule has 1 N–H and O–H groups in total. The van der Waals surface area contributed by atoms with Crippen molar-refractivity contribution in [1.82, 2.24) is 9.97 Å². The summed E-state index contributed by atoms with van der Waals surface area (Å²) in [6.07, 6.45) is 1.03. The number of hydrogen-bond acceptors (Lipinski definition) is 4. The lowest BCUT2D eigenvalue weighted by molar-refractivity contribution is 1.10. The van der Waals surface area contributed by atoms with Gasteiger partial charge < -0.3 is 5.32 Å². The molecule has 3 aromatic rings. The minimum absolute atomic E-state index is 0.801. The van der Waals surface area contributed by atoms with Crippen LogP contribution >= 0.6 is 11.3 Å². The quantitative estimate of drug-likeness (QED) is 0.770. The fraction of sp³-hybridized carbons (Fsp3) is 0.200. The number of nitrogens with one attached hydrogen (secondary N) is 1. The lowest BCUT2D eigenvalue weighted by Gasteiger charge is -2.07. The highest BCUT2D eigenvalue weighted by molar-refractivity contribution is 7.18. The average molecular weight is 269 g/mol. The normalized spacial score (nSPS) is 10.8. The fourth-order valence-corrected chi connectivity index (χ4v) is 3.02. The standard InChI is InChI=1S/C15H15N3S/c1-3-12-9-13-14(16-10(2)17-15(13)19-12)18-11-7-5-4-6-8-11/h4-9H,3H2,1-2H3,(H,16,17,18). The maximum Gasteiger partial charge on any atom is 0.142 e. The van der Waals surface area contributed by atoms with Crippen LogP contribution in [0.25, 0.3) is 10.2 Å². The Kier molecular flexibility index (Phi) is 3.17. The monoisotopic (exact) mass is 269 g/mol. The van der Waals surface area contributed by atoms with Crippen molar-refractivity contribution >= 4 is 33.1 Å². The number of para-hydroxylation sites is 1. The van der Waals surface area contributed by atoms with Crippen LogP contribution in [0.2, 0.25) is 0 Å². The molecular formula is C15H15N3S. The van der Waals surface area contributed by atoms with E-state index in [0.29, 0.717) is 0 Å². The number of benzene rings is 1. The molecule has 0 saturated carbocycles. The summed E-state index contributed by atoms with van der Waals surface area (Å²) in [5.41, 5.74) is 1.05. The highest BCUT2D eigenvalue weighted by atomic mass is 32.1. The van der Waals surface area contributed by atoms with E-state index in [2.05, 4.69) is 28.3 Å². The van der Waals surface area contributed by atoms with E-state index in [1.807, 2.05) is 37.3 Å². The molecule has 3 rings (SSSR count). The number of rotatable bonds is 3. The number of thiophene rings is 1. The summed E-state index contributed by atoms with van der Waals surface area (Å²) in [6, 6.07) is 12.3. The number of nitrogens with zero attached hydrogens (tertiary/aromatic N) is 2. The van der Waals surface area contributed by atoms with Gasteiger partial charge in [-0.05, 0) is 31.5 Å². The predicted octanol–water partition coefficient (Wildman–Crippen LogP) is 4.31. The average Bonchev–Trinajstić information content (AvgIpc) is 2.83. The van der Waals surface area contributed by atoms with E-state index >= 15 is 0 Å². The van der Waals surface area contributed by atoms with Crippen molar-refractivity contribution in [3.05, 3.63) is 47.1 Å². The Balaban J connectivity index is 2.09. The van der Waals surface area contributed by atoms with Gasteiger partial charge in [-0.15, -0.1) is 11.3 Å². The van der Waals surface area contributed by atoms with E-state index in [0.717, 1.165) is 34.0 Å². The summed E-state index contributed by atoms with van der Waals surface area (Å²) in [5, 5.41) is 4.49. The van der Waals surface area contributed by atoms with Crippen LogP contribution in [0.4, 0.5) is 11.5 Å². The Labute approximate surface area is 116 Å². The van der Waals surface area contributed by atoms with E-state index in [1.54, 1.807) is 11.3 Å². The third-order valence-corrected chi connectivity index (χ3v) is 4.11. The minimum Gasteiger partial charge on any atom is -0.340 e. The third-order valence-electron chi connectivity index (χ3n) is 2.94. The summed E-state index contributed by atoms with van der Waals surface area (Å²) < 4.78 is 0. The van der Waals surface area contributed by atoms with Gasteiger partial charge in [-0.3, -0.25) is 0 Å². The highest BCUT2D eigenvalue weighted by Crippen LogP contribution is 2.30. The number of anilines is 2. The Bertz CT molecular complexity index is 704. The third kappa shape index (κ3) is 2.44. The molecule has 96 valence electrons. The molecule has 2 aromatic heterocycles. The van der Waals surface area contributed by atoms with Gasteiger partial charge in [0.05, 0.1) is 5.39 Å². The zero-order chi connectivity index (χ0) is 13.2. The van der Waals surface area contributed by atoms with Gasteiger partial charge in [0.15, 0.2) is 0 Å². The Morgan fingerprint density at radius 2 is 1.95 bits per heavy atom. The van der Waals surface area contributed by atoms with E-state index in [1.165, 1.54) is 4.88 Å². The van der Waals surface area contributed by atoms with E-state index in [9.17, 15) is 0 Å². The van der Waals surface area contributed by atoms with E-state index in [4.69, 9.17) is 0 Å². The van der Waals surface area contributed by atoms with Crippen molar-refractivity contribution in [2.24, 2.45) is 0 Å². The molecule has 2 heterocycles. The molecule has 19 heavy (non-hydrogen) atoms. The topological polar surface area (TPSA) is 37.8 Å². The largest absolute Gasteiger partial charge is 0.340 e. The predicted molar refractivity (Wildman–Crippen MR) is 81.3 cm³/mol. The van der Waals surface area contributed by atoms with Gasteiger partial charge in [-0.25, -0.2) is 9.97 Å². The molecular weight excluding hydrogens is 254 g/mol. The van der Waals surface area contributed by atoms with Crippen LogP contribution in [0.3, 0.4) is 0 Å². The van der Waals surface area contributed by atoms with Crippen molar-refractivity contribution in [3.63, 3.8) is 0 Å². The van der Waals surface area contributed by atoms with E-state index < -0.39 is 0 Å².